The first kappa shape index (κ1) is 10.1. The number of carbonyl (C=O) groups excluding carboxylic acids is 1. The van der Waals surface area contributed by atoms with E-state index in [1.807, 2.05) is 4.90 Å². The number of pyridine rings is 1. The predicted molar refractivity (Wildman–Crippen MR) is 56.0 cm³/mol. The number of anilines is 1. The molecule has 2 rings (SSSR count). The van der Waals surface area contributed by atoms with Crippen molar-refractivity contribution in [2.75, 3.05) is 18.0 Å². The van der Waals surface area contributed by atoms with Crippen LogP contribution in [0.1, 0.15) is 23.7 Å². The SMILES string of the molecule is CC(=O)c1ccc(N2CC[C@@H](F)C2)nc1. The summed E-state index contributed by atoms with van der Waals surface area (Å²) in [4.78, 5) is 17.1. The predicted octanol–water partition coefficient (Wildman–Crippen LogP) is 1.83. The third kappa shape index (κ3) is 2.14. The second-order valence-corrected chi connectivity index (χ2v) is 3.79. The van der Waals surface area contributed by atoms with E-state index in [9.17, 15) is 9.18 Å². The molecule has 1 aromatic heterocycles. The van der Waals surface area contributed by atoms with Gasteiger partial charge in [-0.3, -0.25) is 4.79 Å². The summed E-state index contributed by atoms with van der Waals surface area (Å²) in [5, 5.41) is 0. The maximum atomic E-state index is 12.9. The summed E-state index contributed by atoms with van der Waals surface area (Å²) < 4.78 is 12.9. The lowest BCUT2D eigenvalue weighted by atomic mass is 10.2. The van der Waals surface area contributed by atoms with Crippen molar-refractivity contribution < 1.29 is 9.18 Å². The number of hydrogen-bond donors (Lipinski definition) is 0. The van der Waals surface area contributed by atoms with Crippen molar-refractivity contribution in [3.63, 3.8) is 0 Å². The summed E-state index contributed by atoms with van der Waals surface area (Å²) in [5.41, 5.74) is 0.592. The van der Waals surface area contributed by atoms with Gasteiger partial charge < -0.3 is 4.90 Å². The minimum absolute atomic E-state index is 0.00107. The number of carbonyl (C=O) groups is 1. The number of alkyl halides is 1. The molecular weight excluding hydrogens is 195 g/mol. The summed E-state index contributed by atoms with van der Waals surface area (Å²) >= 11 is 0. The van der Waals surface area contributed by atoms with Crippen LogP contribution in [0.5, 0.6) is 0 Å². The van der Waals surface area contributed by atoms with Crippen molar-refractivity contribution in [3.8, 4) is 0 Å². The quantitative estimate of drug-likeness (QED) is 0.695. The minimum Gasteiger partial charge on any atom is -0.354 e. The van der Waals surface area contributed by atoms with Crippen LogP contribution in [-0.4, -0.2) is 30.0 Å². The van der Waals surface area contributed by atoms with Crippen LogP contribution in [0.15, 0.2) is 18.3 Å². The highest BCUT2D eigenvalue weighted by Gasteiger charge is 2.22. The largest absolute Gasteiger partial charge is 0.354 e. The number of rotatable bonds is 2. The summed E-state index contributed by atoms with van der Waals surface area (Å²) in [7, 11) is 0. The van der Waals surface area contributed by atoms with Crippen LogP contribution in [-0.2, 0) is 0 Å². The molecule has 80 valence electrons. The van der Waals surface area contributed by atoms with E-state index in [-0.39, 0.29) is 5.78 Å². The fourth-order valence-corrected chi connectivity index (χ4v) is 1.71. The first-order valence-corrected chi connectivity index (χ1v) is 5.03. The van der Waals surface area contributed by atoms with Gasteiger partial charge in [0.05, 0.1) is 6.54 Å². The van der Waals surface area contributed by atoms with Crippen LogP contribution < -0.4 is 4.90 Å². The summed E-state index contributed by atoms with van der Waals surface area (Å²) in [6, 6.07) is 3.50. The molecule has 0 aromatic carbocycles. The molecule has 0 bridgehead atoms. The Morgan fingerprint density at radius 2 is 2.40 bits per heavy atom. The molecule has 1 aromatic rings. The van der Waals surface area contributed by atoms with Crippen molar-refractivity contribution in [2.45, 2.75) is 19.5 Å². The average Bonchev–Trinajstić information content (AvgIpc) is 2.65. The second-order valence-electron chi connectivity index (χ2n) is 3.79. The van der Waals surface area contributed by atoms with Gasteiger partial charge in [-0.1, -0.05) is 0 Å². The zero-order valence-corrected chi connectivity index (χ0v) is 8.61. The van der Waals surface area contributed by atoms with Crippen LogP contribution >= 0.6 is 0 Å². The highest BCUT2D eigenvalue weighted by atomic mass is 19.1. The molecule has 0 unspecified atom stereocenters. The highest BCUT2D eigenvalue weighted by Crippen LogP contribution is 2.19. The molecule has 2 heterocycles. The molecule has 0 amide bonds. The zero-order chi connectivity index (χ0) is 10.8. The van der Waals surface area contributed by atoms with E-state index in [4.69, 9.17) is 0 Å². The van der Waals surface area contributed by atoms with Crippen LogP contribution in [0.4, 0.5) is 10.2 Å². The summed E-state index contributed by atoms with van der Waals surface area (Å²) in [6.45, 7) is 2.62. The van der Waals surface area contributed by atoms with E-state index < -0.39 is 6.17 Å². The highest BCUT2D eigenvalue weighted by molar-refractivity contribution is 5.93. The number of hydrogen-bond acceptors (Lipinski definition) is 3. The third-order valence-corrected chi connectivity index (χ3v) is 2.61. The van der Waals surface area contributed by atoms with E-state index in [0.29, 0.717) is 25.1 Å². The Balaban J connectivity index is 2.13. The number of aromatic nitrogens is 1. The lowest BCUT2D eigenvalue weighted by Gasteiger charge is -2.15. The smallest absolute Gasteiger partial charge is 0.161 e. The Labute approximate surface area is 87.9 Å². The molecule has 1 aliphatic heterocycles. The molecule has 1 atom stereocenters. The number of nitrogens with zero attached hydrogens (tertiary/aromatic N) is 2. The second kappa shape index (κ2) is 3.96. The van der Waals surface area contributed by atoms with Crippen molar-refractivity contribution in [1.82, 2.24) is 4.98 Å². The van der Waals surface area contributed by atoms with Gasteiger partial charge in [0.25, 0.3) is 0 Å². The van der Waals surface area contributed by atoms with Crippen molar-refractivity contribution >= 4 is 11.6 Å². The Morgan fingerprint density at radius 1 is 1.60 bits per heavy atom. The molecule has 15 heavy (non-hydrogen) atoms. The average molecular weight is 208 g/mol. The summed E-state index contributed by atoms with van der Waals surface area (Å²) in [6.07, 6.45) is 1.36. The van der Waals surface area contributed by atoms with Crippen LogP contribution in [0.3, 0.4) is 0 Å². The Hall–Kier alpha value is -1.45. The van der Waals surface area contributed by atoms with Gasteiger partial charge in [0, 0.05) is 18.3 Å². The van der Waals surface area contributed by atoms with Gasteiger partial charge in [0.1, 0.15) is 12.0 Å². The van der Waals surface area contributed by atoms with E-state index in [2.05, 4.69) is 4.98 Å². The third-order valence-electron chi connectivity index (χ3n) is 2.61. The molecule has 0 aliphatic carbocycles. The maximum absolute atomic E-state index is 12.9. The topological polar surface area (TPSA) is 33.2 Å². The molecule has 0 saturated carbocycles. The lowest BCUT2D eigenvalue weighted by Crippen LogP contribution is -2.21. The van der Waals surface area contributed by atoms with Crippen LogP contribution in [0.2, 0.25) is 0 Å². The van der Waals surface area contributed by atoms with Crippen molar-refractivity contribution in [2.24, 2.45) is 0 Å². The number of halogens is 1. The molecule has 4 heteroatoms. The Morgan fingerprint density at radius 3 is 2.87 bits per heavy atom. The Bertz CT molecular complexity index is 363. The zero-order valence-electron chi connectivity index (χ0n) is 8.61. The van der Waals surface area contributed by atoms with Gasteiger partial charge >= 0.3 is 0 Å². The Kier molecular flexibility index (Phi) is 2.66. The minimum atomic E-state index is -0.751. The van der Waals surface area contributed by atoms with Gasteiger partial charge in [-0.15, -0.1) is 0 Å². The fraction of sp³-hybridized carbons (Fsp3) is 0.455. The standard InChI is InChI=1S/C11H13FN2O/c1-8(15)9-2-3-11(13-6-9)14-5-4-10(12)7-14/h2-3,6,10H,4-5,7H2,1H3/t10-/m1/s1. The van der Waals surface area contributed by atoms with Crippen molar-refractivity contribution in [3.05, 3.63) is 23.9 Å². The van der Waals surface area contributed by atoms with Gasteiger partial charge in [0.15, 0.2) is 5.78 Å². The lowest BCUT2D eigenvalue weighted by molar-refractivity contribution is 0.101. The molecule has 1 fully saturated rings. The van der Waals surface area contributed by atoms with Gasteiger partial charge in [-0.05, 0) is 25.5 Å². The van der Waals surface area contributed by atoms with E-state index >= 15 is 0 Å². The van der Waals surface area contributed by atoms with Gasteiger partial charge in [0.2, 0.25) is 0 Å². The van der Waals surface area contributed by atoms with E-state index in [1.54, 1.807) is 18.3 Å². The van der Waals surface area contributed by atoms with Crippen LogP contribution in [0.25, 0.3) is 0 Å². The molecular formula is C11H13FN2O. The fourth-order valence-electron chi connectivity index (χ4n) is 1.71. The normalized spacial score (nSPS) is 20.7. The maximum Gasteiger partial charge on any atom is 0.161 e. The van der Waals surface area contributed by atoms with Crippen LogP contribution in [0, 0.1) is 0 Å². The molecule has 3 nitrogen and oxygen atoms in total. The van der Waals surface area contributed by atoms with E-state index in [0.717, 1.165) is 5.82 Å². The monoisotopic (exact) mass is 208 g/mol. The molecule has 0 radical (unpaired) electrons. The van der Waals surface area contributed by atoms with E-state index in [1.165, 1.54) is 6.92 Å². The molecule has 0 spiro atoms. The summed E-state index contributed by atoms with van der Waals surface area (Å²) in [5.74, 6) is 0.749. The first-order chi connectivity index (χ1) is 7.16. The molecule has 1 aliphatic rings. The number of ketones is 1. The first-order valence-electron chi connectivity index (χ1n) is 5.03. The molecule has 1 saturated heterocycles. The van der Waals surface area contributed by atoms with Gasteiger partial charge in [-0.25, -0.2) is 9.37 Å². The number of Topliss-reactive ketones (excluding diaryl/α,β-unsaturated/α-hetero) is 1. The van der Waals surface area contributed by atoms with Gasteiger partial charge in [-0.2, -0.15) is 0 Å². The molecule has 0 N–H and O–H groups in total. The van der Waals surface area contributed by atoms with Crippen molar-refractivity contribution in [1.29, 1.82) is 0 Å².